The predicted molar refractivity (Wildman–Crippen MR) is 84.8 cm³/mol. The molecule has 0 saturated heterocycles. The second-order valence-electron chi connectivity index (χ2n) is 5.25. The molecule has 22 heavy (non-hydrogen) atoms. The lowest BCUT2D eigenvalue weighted by Gasteiger charge is -2.22. The molecule has 1 amide bonds. The van der Waals surface area contributed by atoms with Crippen LogP contribution in [0, 0.1) is 5.92 Å². The van der Waals surface area contributed by atoms with Crippen LogP contribution in [-0.4, -0.2) is 48.6 Å². The fourth-order valence-electron chi connectivity index (χ4n) is 1.82. The van der Waals surface area contributed by atoms with Crippen molar-refractivity contribution in [1.82, 2.24) is 9.88 Å². The van der Waals surface area contributed by atoms with Gasteiger partial charge in [-0.1, -0.05) is 13.8 Å². The van der Waals surface area contributed by atoms with Crippen LogP contribution in [0.1, 0.15) is 42.7 Å². The van der Waals surface area contributed by atoms with Crippen molar-refractivity contribution in [3.05, 3.63) is 16.1 Å². The average Bonchev–Trinajstić information content (AvgIpc) is 2.91. The largest absolute Gasteiger partial charge is 0.461 e. The number of carbonyl (C=O) groups excluding carboxylic acids is 2. The van der Waals surface area contributed by atoms with Crippen LogP contribution in [0.25, 0.3) is 0 Å². The Morgan fingerprint density at radius 1 is 1.41 bits per heavy atom. The molecule has 0 spiro atoms. The van der Waals surface area contributed by atoms with Crippen LogP contribution in [-0.2, 0) is 20.8 Å². The summed E-state index contributed by atoms with van der Waals surface area (Å²) in [7, 11) is 1.60. The molecule has 0 N–H and O–H groups in total. The van der Waals surface area contributed by atoms with Crippen molar-refractivity contribution < 1.29 is 19.1 Å². The Morgan fingerprint density at radius 3 is 2.73 bits per heavy atom. The molecule has 0 aromatic carbocycles. The Bertz CT molecular complexity index is 488. The van der Waals surface area contributed by atoms with Crippen LogP contribution < -0.4 is 0 Å². The van der Waals surface area contributed by atoms with E-state index in [-0.39, 0.29) is 5.91 Å². The lowest BCUT2D eigenvalue weighted by Crippen LogP contribution is -2.34. The molecule has 0 unspecified atom stereocenters. The number of hydrogen-bond donors (Lipinski definition) is 0. The number of thiazole rings is 1. The van der Waals surface area contributed by atoms with E-state index in [1.165, 1.54) is 11.3 Å². The van der Waals surface area contributed by atoms with E-state index in [1.807, 2.05) is 13.8 Å². The van der Waals surface area contributed by atoms with Gasteiger partial charge in [0.15, 0.2) is 5.69 Å². The van der Waals surface area contributed by atoms with Gasteiger partial charge in [-0.15, -0.1) is 11.3 Å². The normalized spacial score (nSPS) is 10.8. The first-order valence-corrected chi connectivity index (χ1v) is 8.24. The summed E-state index contributed by atoms with van der Waals surface area (Å²) in [6.45, 7) is 7.46. The van der Waals surface area contributed by atoms with Crippen molar-refractivity contribution >= 4 is 23.2 Å². The maximum Gasteiger partial charge on any atom is 0.357 e. The summed E-state index contributed by atoms with van der Waals surface area (Å²) in [5.74, 6) is -0.0641. The minimum absolute atomic E-state index is 0.0694. The Morgan fingerprint density at radius 2 is 2.14 bits per heavy atom. The standard InChI is InChI=1S/C15H24N2O4S/c1-5-21-15(19)12-10-22-13(16-12)9-17(6-7-20-4)14(18)8-11(2)3/h10-11H,5-9H2,1-4H3. The molecule has 0 radical (unpaired) electrons. The maximum absolute atomic E-state index is 12.3. The maximum atomic E-state index is 12.3. The third-order valence-corrected chi connectivity index (χ3v) is 3.70. The minimum Gasteiger partial charge on any atom is -0.461 e. The average molecular weight is 328 g/mol. The van der Waals surface area contributed by atoms with Crippen molar-refractivity contribution in [2.24, 2.45) is 5.92 Å². The van der Waals surface area contributed by atoms with Crippen LogP contribution in [0.5, 0.6) is 0 Å². The summed E-state index contributed by atoms with van der Waals surface area (Å²) in [4.78, 5) is 29.8. The topological polar surface area (TPSA) is 68.7 Å². The first-order valence-electron chi connectivity index (χ1n) is 7.36. The van der Waals surface area contributed by atoms with Gasteiger partial charge >= 0.3 is 5.97 Å². The van der Waals surface area contributed by atoms with E-state index in [0.717, 1.165) is 5.01 Å². The third kappa shape index (κ3) is 6.11. The van der Waals surface area contributed by atoms with Gasteiger partial charge in [0.25, 0.3) is 0 Å². The Balaban J connectivity index is 2.72. The van der Waals surface area contributed by atoms with Crippen molar-refractivity contribution in [1.29, 1.82) is 0 Å². The van der Waals surface area contributed by atoms with Crippen LogP contribution in [0.2, 0.25) is 0 Å². The zero-order valence-corrected chi connectivity index (χ0v) is 14.4. The molecule has 1 aromatic heterocycles. The van der Waals surface area contributed by atoms with Crippen LogP contribution >= 0.6 is 11.3 Å². The molecule has 1 heterocycles. The number of nitrogens with zero attached hydrogens (tertiary/aromatic N) is 2. The number of hydrogen-bond acceptors (Lipinski definition) is 6. The molecule has 0 bridgehead atoms. The zero-order chi connectivity index (χ0) is 16.5. The summed E-state index contributed by atoms with van der Waals surface area (Å²) < 4.78 is 9.97. The molecule has 0 aliphatic rings. The molecule has 0 saturated carbocycles. The number of esters is 1. The van der Waals surface area contributed by atoms with Crippen molar-refractivity contribution in [2.75, 3.05) is 26.9 Å². The SMILES string of the molecule is CCOC(=O)c1csc(CN(CCOC)C(=O)CC(C)C)n1. The Hall–Kier alpha value is -1.47. The van der Waals surface area contributed by atoms with E-state index in [1.54, 1.807) is 24.3 Å². The predicted octanol–water partition coefficient (Wildman–Crippen LogP) is 2.34. The van der Waals surface area contributed by atoms with Gasteiger partial charge in [-0.2, -0.15) is 0 Å². The van der Waals surface area contributed by atoms with E-state index in [4.69, 9.17) is 9.47 Å². The summed E-state index contributed by atoms with van der Waals surface area (Å²) in [5.41, 5.74) is 0.296. The van der Waals surface area contributed by atoms with Crippen molar-refractivity contribution in [3.63, 3.8) is 0 Å². The van der Waals surface area contributed by atoms with E-state index in [9.17, 15) is 9.59 Å². The summed E-state index contributed by atoms with van der Waals surface area (Å²) in [5, 5.41) is 2.38. The number of rotatable bonds is 9. The quantitative estimate of drug-likeness (QED) is 0.651. The fourth-order valence-corrected chi connectivity index (χ4v) is 2.60. The molecule has 7 heteroatoms. The highest BCUT2D eigenvalue weighted by molar-refractivity contribution is 7.09. The molecule has 0 fully saturated rings. The Labute approximate surface area is 135 Å². The van der Waals surface area contributed by atoms with Gasteiger partial charge in [0.2, 0.25) is 5.91 Å². The third-order valence-electron chi connectivity index (χ3n) is 2.86. The van der Waals surface area contributed by atoms with Gasteiger partial charge in [0.05, 0.1) is 19.8 Å². The van der Waals surface area contributed by atoms with E-state index in [2.05, 4.69) is 4.98 Å². The number of amides is 1. The lowest BCUT2D eigenvalue weighted by molar-refractivity contribution is -0.133. The zero-order valence-electron chi connectivity index (χ0n) is 13.6. The van der Waals surface area contributed by atoms with Gasteiger partial charge in [0, 0.05) is 25.5 Å². The van der Waals surface area contributed by atoms with Crippen LogP contribution in [0.4, 0.5) is 0 Å². The number of aromatic nitrogens is 1. The van der Waals surface area contributed by atoms with E-state index < -0.39 is 5.97 Å². The summed E-state index contributed by atoms with van der Waals surface area (Å²) in [6, 6.07) is 0. The van der Waals surface area contributed by atoms with Crippen molar-refractivity contribution in [3.8, 4) is 0 Å². The van der Waals surface area contributed by atoms with Crippen LogP contribution in [0.3, 0.4) is 0 Å². The summed E-state index contributed by atoms with van der Waals surface area (Å²) in [6.07, 6.45) is 0.486. The molecule has 0 atom stereocenters. The van der Waals surface area contributed by atoms with Gasteiger partial charge in [-0.3, -0.25) is 4.79 Å². The van der Waals surface area contributed by atoms with Crippen LogP contribution in [0.15, 0.2) is 5.38 Å². The number of carbonyl (C=O) groups is 2. The smallest absolute Gasteiger partial charge is 0.357 e. The highest BCUT2D eigenvalue weighted by Crippen LogP contribution is 2.15. The molecule has 0 aliphatic carbocycles. The molecular formula is C15H24N2O4S. The second kappa shape index (κ2) is 9.53. The highest BCUT2D eigenvalue weighted by Gasteiger charge is 2.18. The minimum atomic E-state index is -0.429. The molecule has 1 aromatic rings. The fraction of sp³-hybridized carbons (Fsp3) is 0.667. The van der Waals surface area contributed by atoms with Gasteiger partial charge < -0.3 is 14.4 Å². The molecule has 1 rings (SSSR count). The molecule has 0 aliphatic heterocycles. The van der Waals surface area contributed by atoms with E-state index >= 15 is 0 Å². The number of ether oxygens (including phenoxy) is 2. The van der Waals surface area contributed by atoms with Gasteiger partial charge in [-0.05, 0) is 12.8 Å². The monoisotopic (exact) mass is 328 g/mol. The van der Waals surface area contributed by atoms with E-state index in [0.29, 0.717) is 44.3 Å². The molecule has 124 valence electrons. The first-order chi connectivity index (χ1) is 10.5. The number of methoxy groups -OCH3 is 1. The van der Waals surface area contributed by atoms with Gasteiger partial charge in [0.1, 0.15) is 5.01 Å². The van der Waals surface area contributed by atoms with Crippen molar-refractivity contribution in [2.45, 2.75) is 33.7 Å². The molecular weight excluding hydrogens is 304 g/mol. The Kier molecular flexibility index (Phi) is 8.05. The highest BCUT2D eigenvalue weighted by atomic mass is 32.1. The van der Waals surface area contributed by atoms with Gasteiger partial charge in [-0.25, -0.2) is 9.78 Å². The first kappa shape index (κ1) is 18.6. The summed E-state index contributed by atoms with van der Waals surface area (Å²) >= 11 is 1.36. The second-order valence-corrected chi connectivity index (χ2v) is 6.20. The molecule has 6 nitrogen and oxygen atoms in total. The lowest BCUT2D eigenvalue weighted by atomic mass is 10.1.